The molecular weight excluding hydrogens is 373 g/mol. The molecule has 1 aliphatic heterocycles. The summed E-state index contributed by atoms with van der Waals surface area (Å²) in [6.45, 7) is 3.79. The van der Waals surface area contributed by atoms with Crippen LogP contribution in [0.25, 0.3) is 11.4 Å². The molecule has 3 aromatic rings. The van der Waals surface area contributed by atoms with Gasteiger partial charge >= 0.3 is 0 Å². The lowest BCUT2D eigenvalue weighted by atomic mass is 10.1. The lowest BCUT2D eigenvalue weighted by molar-refractivity contribution is -0.128. The molecule has 29 heavy (non-hydrogen) atoms. The molecule has 0 saturated carbocycles. The van der Waals surface area contributed by atoms with Gasteiger partial charge in [-0.2, -0.15) is 4.98 Å². The van der Waals surface area contributed by atoms with Gasteiger partial charge in [0.15, 0.2) is 0 Å². The Hall–Kier alpha value is -3.22. The van der Waals surface area contributed by atoms with Crippen LogP contribution in [0.5, 0.6) is 5.75 Å². The molecule has 0 N–H and O–H groups in total. The number of aromatic nitrogens is 2. The van der Waals surface area contributed by atoms with Gasteiger partial charge in [0.2, 0.25) is 17.6 Å². The number of ether oxygens (including phenoxy) is 1. The maximum atomic E-state index is 13.4. The smallest absolute Gasteiger partial charge is 0.232 e. The lowest BCUT2D eigenvalue weighted by Crippen LogP contribution is -2.24. The number of carbonyl (C=O) groups excluding carboxylic acids is 1. The first-order valence-electron chi connectivity index (χ1n) is 9.71. The molecular formula is C22H22FN3O3. The molecule has 1 atom stereocenters. The van der Waals surface area contributed by atoms with E-state index in [0.29, 0.717) is 43.4 Å². The Kier molecular flexibility index (Phi) is 5.55. The van der Waals surface area contributed by atoms with E-state index in [1.807, 2.05) is 24.3 Å². The SMILES string of the molecule is CCCOc1ccc(CN2CC(c3nc(-c4cccc(F)c4)no3)CC2=O)cc1. The summed E-state index contributed by atoms with van der Waals surface area (Å²) in [6.07, 6.45) is 1.28. The summed E-state index contributed by atoms with van der Waals surface area (Å²) in [5, 5.41) is 3.94. The highest BCUT2D eigenvalue weighted by Crippen LogP contribution is 2.30. The summed E-state index contributed by atoms with van der Waals surface area (Å²) in [5.74, 6) is 1.09. The third-order valence-electron chi connectivity index (χ3n) is 4.86. The second-order valence-corrected chi connectivity index (χ2v) is 7.13. The fraction of sp³-hybridized carbons (Fsp3) is 0.318. The van der Waals surface area contributed by atoms with Gasteiger partial charge in [0.05, 0.1) is 12.5 Å². The van der Waals surface area contributed by atoms with Crippen molar-refractivity contribution in [3.63, 3.8) is 0 Å². The van der Waals surface area contributed by atoms with E-state index in [0.717, 1.165) is 17.7 Å². The zero-order chi connectivity index (χ0) is 20.2. The molecule has 2 aromatic carbocycles. The van der Waals surface area contributed by atoms with Gasteiger partial charge in [0, 0.05) is 25.1 Å². The molecule has 4 rings (SSSR count). The maximum Gasteiger partial charge on any atom is 0.232 e. The van der Waals surface area contributed by atoms with E-state index in [2.05, 4.69) is 17.1 Å². The maximum absolute atomic E-state index is 13.4. The molecule has 2 heterocycles. The van der Waals surface area contributed by atoms with E-state index in [1.165, 1.54) is 12.1 Å². The van der Waals surface area contributed by atoms with Crippen LogP contribution in [0.2, 0.25) is 0 Å². The van der Waals surface area contributed by atoms with Gasteiger partial charge < -0.3 is 14.2 Å². The van der Waals surface area contributed by atoms with Crippen LogP contribution in [0.4, 0.5) is 4.39 Å². The minimum Gasteiger partial charge on any atom is -0.494 e. The molecule has 7 heteroatoms. The van der Waals surface area contributed by atoms with Crippen LogP contribution in [0.1, 0.15) is 37.1 Å². The van der Waals surface area contributed by atoms with E-state index in [1.54, 1.807) is 17.0 Å². The highest BCUT2D eigenvalue weighted by molar-refractivity contribution is 5.79. The zero-order valence-electron chi connectivity index (χ0n) is 16.2. The average Bonchev–Trinajstić information content (AvgIpc) is 3.35. The Morgan fingerprint density at radius 1 is 1.24 bits per heavy atom. The van der Waals surface area contributed by atoms with Crippen molar-refractivity contribution in [2.45, 2.75) is 32.2 Å². The first kappa shape index (κ1) is 19.1. The lowest BCUT2D eigenvalue weighted by Gasteiger charge is -2.16. The van der Waals surface area contributed by atoms with Crippen molar-refractivity contribution in [3.05, 3.63) is 65.8 Å². The molecule has 1 saturated heterocycles. The molecule has 0 spiro atoms. The Bertz CT molecular complexity index is 987. The Balaban J connectivity index is 1.40. The molecule has 0 aliphatic carbocycles. The van der Waals surface area contributed by atoms with Crippen molar-refractivity contribution in [3.8, 4) is 17.1 Å². The monoisotopic (exact) mass is 395 g/mol. The van der Waals surface area contributed by atoms with Crippen molar-refractivity contribution < 1.29 is 18.4 Å². The standard InChI is InChI=1S/C22H22FN3O3/c1-2-10-28-19-8-6-15(7-9-19)13-26-14-17(12-20(26)27)22-24-21(25-29-22)16-4-3-5-18(23)11-16/h3-9,11,17H,2,10,12-14H2,1H3. The van der Waals surface area contributed by atoms with Gasteiger partial charge in [-0.15, -0.1) is 0 Å². The van der Waals surface area contributed by atoms with E-state index < -0.39 is 0 Å². The van der Waals surface area contributed by atoms with Crippen molar-refractivity contribution in [2.24, 2.45) is 0 Å². The van der Waals surface area contributed by atoms with Crippen LogP contribution < -0.4 is 4.74 Å². The predicted octanol–water partition coefficient (Wildman–Crippen LogP) is 4.18. The third-order valence-corrected chi connectivity index (χ3v) is 4.86. The second kappa shape index (κ2) is 8.43. The first-order chi connectivity index (χ1) is 14.1. The number of likely N-dealkylation sites (tertiary alicyclic amines) is 1. The number of amides is 1. The van der Waals surface area contributed by atoms with Crippen LogP contribution in [0.3, 0.4) is 0 Å². The Morgan fingerprint density at radius 2 is 2.07 bits per heavy atom. The van der Waals surface area contributed by atoms with Gasteiger partial charge in [0.1, 0.15) is 11.6 Å². The number of nitrogens with zero attached hydrogens (tertiary/aromatic N) is 3. The number of hydrogen-bond donors (Lipinski definition) is 0. The van der Waals surface area contributed by atoms with Gasteiger partial charge in [-0.1, -0.05) is 36.3 Å². The van der Waals surface area contributed by atoms with Crippen LogP contribution in [-0.4, -0.2) is 34.1 Å². The molecule has 1 aliphatic rings. The van der Waals surface area contributed by atoms with Gasteiger partial charge in [-0.3, -0.25) is 4.79 Å². The summed E-state index contributed by atoms with van der Waals surface area (Å²) in [7, 11) is 0. The molecule has 0 bridgehead atoms. The van der Waals surface area contributed by atoms with E-state index in [4.69, 9.17) is 9.26 Å². The number of carbonyl (C=O) groups is 1. The second-order valence-electron chi connectivity index (χ2n) is 7.13. The number of benzene rings is 2. The van der Waals surface area contributed by atoms with E-state index in [9.17, 15) is 9.18 Å². The molecule has 1 fully saturated rings. The molecule has 1 unspecified atom stereocenters. The summed E-state index contributed by atoms with van der Waals surface area (Å²) in [5.41, 5.74) is 1.58. The fourth-order valence-corrected chi connectivity index (χ4v) is 3.37. The van der Waals surface area contributed by atoms with Crippen LogP contribution in [0, 0.1) is 5.82 Å². The average molecular weight is 395 g/mol. The van der Waals surface area contributed by atoms with E-state index >= 15 is 0 Å². The topological polar surface area (TPSA) is 68.5 Å². The van der Waals surface area contributed by atoms with Crippen LogP contribution >= 0.6 is 0 Å². The van der Waals surface area contributed by atoms with Crippen LogP contribution in [0.15, 0.2) is 53.1 Å². The third kappa shape index (κ3) is 4.45. The summed E-state index contributed by atoms with van der Waals surface area (Å²) in [4.78, 5) is 18.6. The number of hydrogen-bond acceptors (Lipinski definition) is 5. The summed E-state index contributed by atoms with van der Waals surface area (Å²) < 4.78 is 24.4. The molecule has 6 nitrogen and oxygen atoms in total. The van der Waals surface area contributed by atoms with Crippen molar-refractivity contribution in [1.29, 1.82) is 0 Å². The highest BCUT2D eigenvalue weighted by Gasteiger charge is 2.34. The largest absolute Gasteiger partial charge is 0.494 e. The van der Waals surface area contributed by atoms with Crippen molar-refractivity contribution in [2.75, 3.05) is 13.2 Å². The van der Waals surface area contributed by atoms with Crippen LogP contribution in [-0.2, 0) is 11.3 Å². The van der Waals surface area contributed by atoms with Gasteiger partial charge in [-0.25, -0.2) is 4.39 Å². The highest BCUT2D eigenvalue weighted by atomic mass is 19.1. The number of rotatable bonds is 7. The van der Waals surface area contributed by atoms with Crippen molar-refractivity contribution in [1.82, 2.24) is 15.0 Å². The van der Waals surface area contributed by atoms with Gasteiger partial charge in [-0.05, 0) is 36.2 Å². The van der Waals surface area contributed by atoms with E-state index in [-0.39, 0.29) is 17.6 Å². The van der Waals surface area contributed by atoms with Gasteiger partial charge in [0.25, 0.3) is 0 Å². The quantitative estimate of drug-likeness (QED) is 0.600. The Morgan fingerprint density at radius 3 is 2.83 bits per heavy atom. The minimum absolute atomic E-state index is 0.0480. The normalized spacial score (nSPS) is 16.4. The molecule has 1 aromatic heterocycles. The molecule has 1 amide bonds. The predicted molar refractivity (Wildman–Crippen MR) is 105 cm³/mol. The molecule has 150 valence electrons. The minimum atomic E-state index is -0.359. The van der Waals surface area contributed by atoms with Crippen molar-refractivity contribution >= 4 is 5.91 Å². The summed E-state index contributed by atoms with van der Waals surface area (Å²) in [6, 6.07) is 13.8. The molecule has 0 radical (unpaired) electrons. The number of halogens is 1. The summed E-state index contributed by atoms with van der Waals surface area (Å²) >= 11 is 0. The fourth-order valence-electron chi connectivity index (χ4n) is 3.37. The zero-order valence-corrected chi connectivity index (χ0v) is 16.2. The Labute approximate surface area is 168 Å². The first-order valence-corrected chi connectivity index (χ1v) is 9.71.